The van der Waals surface area contributed by atoms with Crippen molar-refractivity contribution in [1.82, 2.24) is 9.88 Å². The van der Waals surface area contributed by atoms with Gasteiger partial charge < -0.3 is 9.64 Å². The van der Waals surface area contributed by atoms with Crippen LogP contribution in [0.4, 0.5) is 9.18 Å². The van der Waals surface area contributed by atoms with Crippen LogP contribution < -0.4 is 0 Å². The molecule has 2 heterocycles. The third-order valence-corrected chi connectivity index (χ3v) is 4.42. The average molecular weight is 363 g/mol. The summed E-state index contributed by atoms with van der Waals surface area (Å²) in [5.41, 5.74) is 2.43. The largest absolute Gasteiger partial charge is 0.444 e. The van der Waals surface area contributed by atoms with Gasteiger partial charge in [0.1, 0.15) is 11.4 Å². The molecule has 1 aromatic heterocycles. The molecule has 0 atom stereocenters. The first-order valence-electron chi connectivity index (χ1n) is 8.14. The zero-order valence-electron chi connectivity index (χ0n) is 14.5. The predicted octanol–water partition coefficient (Wildman–Crippen LogP) is 4.83. The van der Waals surface area contributed by atoms with Crippen LogP contribution in [0.5, 0.6) is 0 Å². The SMILES string of the molecule is CC(C)(C)OC(=O)N1CCc2c(Cl)ccc(-c3ccncc3F)c2C1. The molecule has 1 aliphatic rings. The van der Waals surface area contributed by atoms with Gasteiger partial charge in [0.05, 0.1) is 6.20 Å². The molecule has 6 heteroatoms. The van der Waals surface area contributed by atoms with Gasteiger partial charge in [0.15, 0.2) is 0 Å². The van der Waals surface area contributed by atoms with Gasteiger partial charge in [0.2, 0.25) is 0 Å². The van der Waals surface area contributed by atoms with Gasteiger partial charge in [0.25, 0.3) is 0 Å². The molecule has 0 saturated heterocycles. The van der Waals surface area contributed by atoms with Crippen molar-refractivity contribution in [3.05, 3.63) is 52.6 Å². The van der Waals surface area contributed by atoms with Crippen LogP contribution in [0.2, 0.25) is 5.02 Å². The van der Waals surface area contributed by atoms with E-state index >= 15 is 0 Å². The first-order chi connectivity index (χ1) is 11.8. The van der Waals surface area contributed by atoms with E-state index in [1.165, 1.54) is 6.20 Å². The van der Waals surface area contributed by atoms with Crippen molar-refractivity contribution in [1.29, 1.82) is 0 Å². The highest BCUT2D eigenvalue weighted by atomic mass is 35.5. The first-order valence-corrected chi connectivity index (χ1v) is 8.52. The number of rotatable bonds is 1. The predicted molar refractivity (Wildman–Crippen MR) is 95.0 cm³/mol. The summed E-state index contributed by atoms with van der Waals surface area (Å²) in [7, 11) is 0. The van der Waals surface area contributed by atoms with E-state index in [0.717, 1.165) is 16.7 Å². The Morgan fingerprint density at radius 3 is 2.68 bits per heavy atom. The minimum atomic E-state index is -0.564. The van der Waals surface area contributed by atoms with E-state index in [9.17, 15) is 9.18 Å². The molecule has 4 nitrogen and oxygen atoms in total. The third-order valence-electron chi connectivity index (χ3n) is 4.07. The number of pyridine rings is 1. The van der Waals surface area contributed by atoms with Crippen molar-refractivity contribution >= 4 is 17.7 Å². The van der Waals surface area contributed by atoms with E-state index in [0.29, 0.717) is 30.1 Å². The summed E-state index contributed by atoms with van der Waals surface area (Å²) in [6.07, 6.45) is 2.96. The number of nitrogens with zero attached hydrogens (tertiary/aromatic N) is 2. The molecule has 2 aromatic rings. The molecule has 0 fully saturated rings. The van der Waals surface area contributed by atoms with E-state index in [2.05, 4.69) is 4.98 Å². The second-order valence-electron chi connectivity index (χ2n) is 7.06. The summed E-state index contributed by atoms with van der Waals surface area (Å²) in [4.78, 5) is 17.8. The highest BCUT2D eigenvalue weighted by Crippen LogP contribution is 2.35. The smallest absolute Gasteiger partial charge is 0.410 e. The van der Waals surface area contributed by atoms with Crippen molar-refractivity contribution in [2.75, 3.05) is 6.54 Å². The quantitative estimate of drug-likeness (QED) is 0.729. The minimum Gasteiger partial charge on any atom is -0.444 e. The Bertz CT molecular complexity index is 818. The van der Waals surface area contributed by atoms with Crippen molar-refractivity contribution < 1.29 is 13.9 Å². The number of fused-ring (bicyclic) bond motifs is 1. The maximum absolute atomic E-state index is 14.2. The van der Waals surface area contributed by atoms with Gasteiger partial charge >= 0.3 is 6.09 Å². The highest BCUT2D eigenvalue weighted by Gasteiger charge is 2.28. The van der Waals surface area contributed by atoms with Gasteiger partial charge in [-0.2, -0.15) is 0 Å². The van der Waals surface area contributed by atoms with Crippen molar-refractivity contribution in [2.24, 2.45) is 0 Å². The summed E-state index contributed by atoms with van der Waals surface area (Å²) in [5, 5.41) is 0.636. The van der Waals surface area contributed by atoms with Gasteiger partial charge in [-0.05, 0) is 56.0 Å². The average Bonchev–Trinajstić information content (AvgIpc) is 2.54. The Morgan fingerprint density at radius 2 is 2.00 bits per heavy atom. The molecule has 1 aliphatic heterocycles. The van der Waals surface area contributed by atoms with E-state index in [1.54, 1.807) is 29.3 Å². The Balaban J connectivity index is 1.99. The summed E-state index contributed by atoms with van der Waals surface area (Å²) in [5.74, 6) is -0.401. The van der Waals surface area contributed by atoms with Crippen LogP contribution in [0.25, 0.3) is 11.1 Å². The fourth-order valence-electron chi connectivity index (χ4n) is 2.96. The maximum Gasteiger partial charge on any atom is 0.410 e. The first kappa shape index (κ1) is 17.7. The van der Waals surface area contributed by atoms with Crippen LogP contribution in [0.15, 0.2) is 30.6 Å². The number of halogens is 2. The molecule has 1 aromatic carbocycles. The number of benzene rings is 1. The Hall–Kier alpha value is -2.14. The van der Waals surface area contributed by atoms with E-state index < -0.39 is 11.4 Å². The summed E-state index contributed by atoms with van der Waals surface area (Å²) in [6, 6.07) is 5.20. The van der Waals surface area contributed by atoms with E-state index in [4.69, 9.17) is 16.3 Å². The van der Waals surface area contributed by atoms with Crippen LogP contribution in [0.1, 0.15) is 31.9 Å². The number of hydrogen-bond acceptors (Lipinski definition) is 3. The number of hydrogen-bond donors (Lipinski definition) is 0. The molecule has 0 spiro atoms. The zero-order chi connectivity index (χ0) is 18.2. The van der Waals surface area contributed by atoms with Crippen molar-refractivity contribution in [2.45, 2.75) is 39.3 Å². The Kier molecular flexibility index (Phi) is 4.69. The van der Waals surface area contributed by atoms with Gasteiger partial charge in [-0.15, -0.1) is 0 Å². The van der Waals surface area contributed by atoms with Gasteiger partial charge in [0, 0.05) is 29.9 Å². The van der Waals surface area contributed by atoms with E-state index in [-0.39, 0.29) is 6.09 Å². The molecular formula is C19H20ClFN2O2. The van der Waals surface area contributed by atoms with Crippen LogP contribution in [-0.2, 0) is 17.7 Å². The highest BCUT2D eigenvalue weighted by molar-refractivity contribution is 6.31. The molecule has 3 rings (SSSR count). The Labute approximate surface area is 151 Å². The second kappa shape index (κ2) is 6.64. The molecule has 0 bridgehead atoms. The van der Waals surface area contributed by atoms with Crippen LogP contribution in [-0.4, -0.2) is 28.1 Å². The fourth-order valence-corrected chi connectivity index (χ4v) is 3.23. The molecular weight excluding hydrogens is 343 g/mol. The van der Waals surface area contributed by atoms with Gasteiger partial charge in [-0.1, -0.05) is 17.7 Å². The van der Waals surface area contributed by atoms with Crippen LogP contribution in [0, 0.1) is 5.82 Å². The molecule has 0 aliphatic carbocycles. The Morgan fingerprint density at radius 1 is 1.24 bits per heavy atom. The number of aromatic nitrogens is 1. The summed E-state index contributed by atoms with van der Waals surface area (Å²) >= 11 is 6.33. The van der Waals surface area contributed by atoms with Crippen LogP contribution in [0.3, 0.4) is 0 Å². The molecule has 25 heavy (non-hydrogen) atoms. The second-order valence-corrected chi connectivity index (χ2v) is 7.47. The lowest BCUT2D eigenvalue weighted by molar-refractivity contribution is 0.0224. The standard InChI is InChI=1S/C19H20ClFN2O2/c1-19(2,3)25-18(24)23-9-7-13-15(11-23)12(4-5-16(13)20)14-6-8-22-10-17(14)21/h4-6,8,10H,7,9,11H2,1-3H3. The van der Waals surface area contributed by atoms with Crippen LogP contribution >= 0.6 is 11.6 Å². The number of carbonyl (C=O) groups excluding carboxylic acids is 1. The molecule has 0 saturated carbocycles. The lowest BCUT2D eigenvalue weighted by atomic mass is 9.91. The molecule has 1 amide bonds. The van der Waals surface area contributed by atoms with Crippen molar-refractivity contribution in [3.8, 4) is 11.1 Å². The lowest BCUT2D eigenvalue weighted by Gasteiger charge is -2.32. The number of carbonyl (C=O) groups is 1. The number of amides is 1. The van der Waals surface area contributed by atoms with Gasteiger partial charge in [-0.3, -0.25) is 4.98 Å². The lowest BCUT2D eigenvalue weighted by Crippen LogP contribution is -2.40. The third kappa shape index (κ3) is 3.76. The van der Waals surface area contributed by atoms with Crippen molar-refractivity contribution in [3.63, 3.8) is 0 Å². The molecule has 132 valence electrons. The summed E-state index contributed by atoms with van der Waals surface area (Å²) < 4.78 is 19.7. The normalized spacial score (nSPS) is 14.2. The topological polar surface area (TPSA) is 42.4 Å². The fraction of sp³-hybridized carbons (Fsp3) is 0.368. The van der Waals surface area contributed by atoms with E-state index in [1.807, 2.05) is 20.8 Å². The molecule has 0 unspecified atom stereocenters. The zero-order valence-corrected chi connectivity index (χ0v) is 15.2. The van der Waals surface area contributed by atoms with Gasteiger partial charge in [-0.25, -0.2) is 9.18 Å². The molecule has 0 N–H and O–H groups in total. The molecule has 0 radical (unpaired) electrons. The number of ether oxygens (including phenoxy) is 1. The summed E-state index contributed by atoms with van der Waals surface area (Å²) in [6.45, 7) is 6.35. The maximum atomic E-state index is 14.2. The minimum absolute atomic E-state index is 0.335. The monoisotopic (exact) mass is 362 g/mol.